The average Bonchev–Trinajstić information content (AvgIpc) is 2.49. The Balaban J connectivity index is 2.31. The van der Waals surface area contributed by atoms with E-state index in [1.54, 1.807) is 7.11 Å². The van der Waals surface area contributed by atoms with Gasteiger partial charge in [0.05, 0.1) is 13.2 Å². The Morgan fingerprint density at radius 1 is 1.15 bits per heavy atom. The molecule has 0 saturated carbocycles. The lowest BCUT2D eigenvalue weighted by Gasteiger charge is -2.22. The maximum absolute atomic E-state index is 6.18. The number of methoxy groups -OCH3 is 1. The number of rotatable bonds is 5. The zero-order valence-corrected chi connectivity index (χ0v) is 12.9. The first kappa shape index (κ1) is 14.7. The average molecular weight is 290 g/mol. The number of benzene rings is 2. The lowest BCUT2D eigenvalue weighted by atomic mass is 10.0. The highest BCUT2D eigenvalue weighted by atomic mass is 35.5. The van der Waals surface area contributed by atoms with E-state index in [1.807, 2.05) is 37.3 Å². The third kappa shape index (κ3) is 3.07. The molecule has 1 unspecified atom stereocenters. The van der Waals surface area contributed by atoms with Crippen LogP contribution >= 0.6 is 11.6 Å². The predicted molar refractivity (Wildman–Crippen MR) is 85.8 cm³/mol. The van der Waals surface area contributed by atoms with Crippen molar-refractivity contribution in [3.05, 3.63) is 58.6 Å². The van der Waals surface area contributed by atoms with E-state index < -0.39 is 0 Å². The van der Waals surface area contributed by atoms with Crippen molar-refractivity contribution in [1.29, 1.82) is 0 Å². The van der Waals surface area contributed by atoms with Crippen LogP contribution in [0, 0.1) is 6.92 Å². The van der Waals surface area contributed by atoms with Crippen molar-refractivity contribution >= 4 is 17.3 Å². The molecule has 20 heavy (non-hydrogen) atoms. The third-order valence-electron chi connectivity index (χ3n) is 3.52. The van der Waals surface area contributed by atoms with Gasteiger partial charge in [-0.2, -0.15) is 0 Å². The first-order chi connectivity index (χ1) is 9.67. The number of hydrogen-bond acceptors (Lipinski definition) is 2. The maximum Gasteiger partial charge on any atom is 0.124 e. The van der Waals surface area contributed by atoms with Crippen LogP contribution in [0.4, 0.5) is 5.69 Å². The summed E-state index contributed by atoms with van der Waals surface area (Å²) in [4.78, 5) is 0. The van der Waals surface area contributed by atoms with Gasteiger partial charge in [0.2, 0.25) is 0 Å². The van der Waals surface area contributed by atoms with E-state index in [1.165, 1.54) is 0 Å². The monoisotopic (exact) mass is 289 g/mol. The fourth-order valence-electron chi connectivity index (χ4n) is 2.31. The summed E-state index contributed by atoms with van der Waals surface area (Å²) >= 11 is 6.18. The van der Waals surface area contributed by atoms with Crippen molar-refractivity contribution in [3.8, 4) is 5.75 Å². The second-order valence-corrected chi connectivity index (χ2v) is 5.17. The Morgan fingerprint density at radius 2 is 1.90 bits per heavy atom. The van der Waals surface area contributed by atoms with E-state index in [-0.39, 0.29) is 6.04 Å². The predicted octanol–water partition coefficient (Wildman–Crippen LogP) is 5.22. The van der Waals surface area contributed by atoms with Crippen LogP contribution in [0.1, 0.15) is 30.5 Å². The van der Waals surface area contributed by atoms with Crippen LogP contribution in [0.15, 0.2) is 42.5 Å². The maximum atomic E-state index is 6.18. The van der Waals surface area contributed by atoms with Gasteiger partial charge in [0, 0.05) is 16.3 Å². The highest BCUT2D eigenvalue weighted by Gasteiger charge is 2.15. The molecule has 106 valence electrons. The number of hydrogen-bond donors (Lipinski definition) is 1. The van der Waals surface area contributed by atoms with E-state index in [0.717, 1.165) is 34.0 Å². The summed E-state index contributed by atoms with van der Waals surface area (Å²) in [5.41, 5.74) is 3.30. The summed E-state index contributed by atoms with van der Waals surface area (Å²) < 4.78 is 5.45. The van der Waals surface area contributed by atoms with Crippen LogP contribution < -0.4 is 10.1 Å². The van der Waals surface area contributed by atoms with E-state index in [9.17, 15) is 0 Å². The Bertz CT molecular complexity index is 583. The Labute approximate surface area is 125 Å². The van der Waals surface area contributed by atoms with Crippen LogP contribution in [0.2, 0.25) is 5.02 Å². The third-order valence-corrected chi connectivity index (χ3v) is 3.93. The Kier molecular flexibility index (Phi) is 4.91. The largest absolute Gasteiger partial charge is 0.496 e. The molecule has 0 spiro atoms. The van der Waals surface area contributed by atoms with E-state index in [2.05, 4.69) is 24.4 Å². The van der Waals surface area contributed by atoms with Crippen LogP contribution in [0.5, 0.6) is 5.75 Å². The van der Waals surface area contributed by atoms with Crippen LogP contribution in [0.25, 0.3) is 0 Å². The SMILES string of the molecule is CCC(Nc1cccc(Cl)c1C)c1ccccc1OC. The smallest absolute Gasteiger partial charge is 0.124 e. The van der Waals surface area contributed by atoms with E-state index in [0.29, 0.717) is 0 Å². The molecule has 0 radical (unpaired) electrons. The quantitative estimate of drug-likeness (QED) is 0.815. The molecule has 1 atom stereocenters. The van der Waals surface area contributed by atoms with Gasteiger partial charge in [-0.3, -0.25) is 0 Å². The van der Waals surface area contributed by atoms with Crippen molar-refractivity contribution in [1.82, 2.24) is 0 Å². The summed E-state index contributed by atoms with van der Waals surface area (Å²) in [5, 5.41) is 4.35. The van der Waals surface area contributed by atoms with Gasteiger partial charge in [-0.25, -0.2) is 0 Å². The number of halogens is 1. The van der Waals surface area contributed by atoms with Gasteiger partial charge in [0.25, 0.3) is 0 Å². The molecule has 0 heterocycles. The molecule has 2 rings (SSSR count). The van der Waals surface area contributed by atoms with Gasteiger partial charge in [-0.1, -0.05) is 42.8 Å². The molecule has 0 aromatic heterocycles. The first-order valence-corrected chi connectivity index (χ1v) is 7.19. The van der Waals surface area contributed by atoms with Gasteiger partial charge in [0.1, 0.15) is 5.75 Å². The second-order valence-electron chi connectivity index (χ2n) is 4.76. The zero-order chi connectivity index (χ0) is 14.5. The molecule has 0 aliphatic carbocycles. The topological polar surface area (TPSA) is 21.3 Å². The number of nitrogens with one attached hydrogen (secondary N) is 1. The molecule has 2 aromatic carbocycles. The van der Waals surface area contributed by atoms with Gasteiger partial charge >= 0.3 is 0 Å². The zero-order valence-electron chi connectivity index (χ0n) is 12.1. The summed E-state index contributed by atoms with van der Waals surface area (Å²) in [6.07, 6.45) is 0.965. The second kappa shape index (κ2) is 6.67. The highest BCUT2D eigenvalue weighted by molar-refractivity contribution is 6.31. The number of para-hydroxylation sites is 1. The van der Waals surface area contributed by atoms with Crippen molar-refractivity contribution in [2.24, 2.45) is 0 Å². The summed E-state index contributed by atoms with van der Waals surface area (Å²) in [5.74, 6) is 0.909. The minimum atomic E-state index is 0.198. The summed E-state index contributed by atoms with van der Waals surface area (Å²) in [6, 6.07) is 14.2. The van der Waals surface area contributed by atoms with Crippen molar-refractivity contribution in [2.45, 2.75) is 26.3 Å². The lowest BCUT2D eigenvalue weighted by molar-refractivity contribution is 0.406. The van der Waals surface area contributed by atoms with Gasteiger partial charge in [-0.15, -0.1) is 0 Å². The molecule has 0 fully saturated rings. The van der Waals surface area contributed by atoms with Crippen molar-refractivity contribution < 1.29 is 4.74 Å². The molecular weight excluding hydrogens is 270 g/mol. The molecule has 3 heteroatoms. The molecule has 0 saturated heterocycles. The van der Waals surface area contributed by atoms with Crippen molar-refractivity contribution in [2.75, 3.05) is 12.4 Å². The normalized spacial score (nSPS) is 12.0. The number of anilines is 1. The fourth-order valence-corrected chi connectivity index (χ4v) is 2.48. The van der Waals surface area contributed by atoms with Gasteiger partial charge in [-0.05, 0) is 37.1 Å². The molecule has 2 aromatic rings. The van der Waals surface area contributed by atoms with Gasteiger partial charge < -0.3 is 10.1 Å². The minimum absolute atomic E-state index is 0.198. The molecule has 2 nitrogen and oxygen atoms in total. The highest BCUT2D eigenvalue weighted by Crippen LogP contribution is 2.32. The van der Waals surface area contributed by atoms with E-state index >= 15 is 0 Å². The standard InChI is InChI=1S/C17H20ClNO/c1-4-15(13-8-5-6-11-17(13)20-3)19-16-10-7-9-14(18)12(16)2/h5-11,15,19H,4H2,1-3H3. The van der Waals surface area contributed by atoms with E-state index in [4.69, 9.17) is 16.3 Å². The number of ether oxygens (including phenoxy) is 1. The van der Waals surface area contributed by atoms with Gasteiger partial charge in [0.15, 0.2) is 0 Å². The molecule has 0 amide bonds. The fraction of sp³-hybridized carbons (Fsp3) is 0.294. The van der Waals surface area contributed by atoms with Crippen LogP contribution in [-0.4, -0.2) is 7.11 Å². The molecule has 0 bridgehead atoms. The van der Waals surface area contributed by atoms with Crippen LogP contribution in [-0.2, 0) is 0 Å². The molecule has 0 aliphatic rings. The summed E-state index contributed by atoms with van der Waals surface area (Å²) in [6.45, 7) is 4.18. The Hall–Kier alpha value is -1.67. The van der Waals surface area contributed by atoms with Crippen LogP contribution in [0.3, 0.4) is 0 Å². The molecule has 0 aliphatic heterocycles. The molecule has 1 N–H and O–H groups in total. The Morgan fingerprint density at radius 3 is 2.60 bits per heavy atom. The first-order valence-electron chi connectivity index (χ1n) is 6.82. The minimum Gasteiger partial charge on any atom is -0.496 e. The summed E-state index contributed by atoms with van der Waals surface area (Å²) in [7, 11) is 1.70. The molecular formula is C17H20ClNO. The van der Waals surface area contributed by atoms with Crippen molar-refractivity contribution in [3.63, 3.8) is 0 Å². The lowest BCUT2D eigenvalue weighted by Crippen LogP contribution is -2.11.